The van der Waals surface area contributed by atoms with Crippen molar-refractivity contribution in [2.24, 2.45) is 5.11 Å². The number of benzene rings is 1. The van der Waals surface area contributed by atoms with E-state index in [1.54, 1.807) is 104 Å². The lowest BCUT2D eigenvalue weighted by Gasteiger charge is -2.08. The number of pyridine rings is 5. The average Bonchev–Trinajstić information content (AvgIpc) is 1.65. The third-order valence-electron chi connectivity index (χ3n) is 24.5. The van der Waals surface area contributed by atoms with Gasteiger partial charge < -0.3 is 15.1 Å². The molecule has 9 aliphatic rings. The topological polar surface area (TPSA) is 462 Å². The molecule has 3 atom stereocenters. The Morgan fingerprint density at radius 1 is 0.423 bits per heavy atom. The number of allylic oxidation sites excluding steroid dienone is 3. The predicted molar refractivity (Wildman–Crippen MR) is 496 cm³/mol. The molecule has 0 radical (unpaired) electrons. The highest BCUT2D eigenvalue weighted by Gasteiger charge is 2.39. The molecule has 0 aliphatic heterocycles. The molecule has 3 unspecified atom stereocenters. The van der Waals surface area contributed by atoms with Gasteiger partial charge in [-0.05, 0) is 147 Å². The smallest absolute Gasteiger partial charge is 0.388 e. The van der Waals surface area contributed by atoms with Crippen molar-refractivity contribution in [2.75, 3.05) is 19.8 Å². The molecule has 3 N–H and O–H groups in total. The summed E-state index contributed by atoms with van der Waals surface area (Å²) in [5, 5.41) is 50.7. The summed E-state index contributed by atoms with van der Waals surface area (Å²) in [6.45, 7) is 3.53. The van der Waals surface area contributed by atoms with Gasteiger partial charge in [0.05, 0.1) is 138 Å². The molecular formula is C99H94F15N21O13S. The van der Waals surface area contributed by atoms with E-state index >= 15 is 0 Å². The van der Waals surface area contributed by atoms with Gasteiger partial charge >= 0.3 is 30.9 Å². The zero-order valence-corrected chi connectivity index (χ0v) is 80.4. The summed E-state index contributed by atoms with van der Waals surface area (Å²) in [6.07, 6.45) is 6.28. The van der Waals surface area contributed by atoms with Gasteiger partial charge in [-0.15, -0.1) is 0 Å². The number of alkyl halides is 15. The Morgan fingerprint density at radius 3 is 1.27 bits per heavy atom. The number of nitrogens with one attached hydrogen (secondary N) is 1. The van der Waals surface area contributed by atoms with Gasteiger partial charge in [-0.2, -0.15) is 96.4 Å². The SMILES string of the molecule is CN(C)C=C1C(=O)CCC1=O.Cc1ccc(S(=O)(=O)CCC=C2C(=O)CCC2=O)cc1.O=C1CCC(=O)C1.O=C1CCc2[nH]ncc21.O=C1CCc2c1cnn2Cc1ccc(C(F)(F)F)nc1.O=C1CCc2nn(Cc3ccc(C(F)(F)F)nc3)cc21.OC1CCc2c1cnn2Cc1ccc(C(F)(F)F)nc1.OC1CCc2nn(Cc3ccc(C(F)(F)F)nc3)cc21.[N-]=[N+]=NC1CCc2c1cnn2Cc1ccc(C(F)(F)F)nc1. The second kappa shape index (κ2) is 47.7. The van der Waals surface area contributed by atoms with Crippen molar-refractivity contribution >= 4 is 61.9 Å². The van der Waals surface area contributed by atoms with Crippen molar-refractivity contribution < 1.29 is 128 Å². The fourth-order valence-electron chi connectivity index (χ4n) is 16.7. The van der Waals surface area contributed by atoms with Crippen LogP contribution in [0.4, 0.5) is 65.9 Å². The number of aromatic nitrogens is 17. The molecule has 50 heteroatoms. The molecule has 0 amide bonds. The molecule has 21 rings (SSSR count). The molecule has 9 aliphatic carbocycles. The van der Waals surface area contributed by atoms with Crippen LogP contribution in [0.15, 0.2) is 187 Å². The molecule has 34 nitrogen and oxygen atoms in total. The Hall–Kier alpha value is -15.3. The van der Waals surface area contributed by atoms with Crippen LogP contribution in [-0.2, 0) is 141 Å². The summed E-state index contributed by atoms with van der Waals surface area (Å²) in [5.74, 6) is 0.0559. The number of hydrogen-bond donors (Lipinski definition) is 3. The maximum Gasteiger partial charge on any atom is 0.433 e. The van der Waals surface area contributed by atoms with E-state index in [0.717, 1.165) is 124 Å². The largest absolute Gasteiger partial charge is 0.433 e. The first-order valence-electron chi connectivity index (χ1n) is 46.4. The summed E-state index contributed by atoms with van der Waals surface area (Å²) in [7, 11) is 0.224. The number of aryl methyl sites for hydroxylation is 4. The van der Waals surface area contributed by atoms with Gasteiger partial charge in [0.15, 0.2) is 50.3 Å². The van der Waals surface area contributed by atoms with Gasteiger partial charge in [-0.1, -0.05) is 59.2 Å². The quantitative estimate of drug-likeness (QED) is 0.0154. The lowest BCUT2D eigenvalue weighted by atomic mass is 10.2. The molecule has 12 aromatic rings. The van der Waals surface area contributed by atoms with Gasteiger partial charge in [0.25, 0.3) is 0 Å². The second-order valence-corrected chi connectivity index (χ2v) is 37.7. The van der Waals surface area contributed by atoms with Crippen LogP contribution in [0.3, 0.4) is 0 Å². The molecule has 784 valence electrons. The molecule has 0 saturated heterocycles. The minimum absolute atomic E-state index is 0.0244. The number of aromatic amines is 1. The van der Waals surface area contributed by atoms with Crippen LogP contribution in [0.1, 0.15) is 252 Å². The van der Waals surface area contributed by atoms with Gasteiger partial charge in [0.1, 0.15) is 40.0 Å². The number of halogens is 15. The zero-order valence-electron chi connectivity index (χ0n) is 79.6. The molecule has 11 heterocycles. The van der Waals surface area contributed by atoms with Crippen LogP contribution >= 0.6 is 0 Å². The maximum atomic E-state index is 12.5. The van der Waals surface area contributed by atoms with E-state index in [1.807, 2.05) is 6.92 Å². The molecule has 0 spiro atoms. The molecule has 0 bridgehead atoms. The van der Waals surface area contributed by atoms with Crippen molar-refractivity contribution in [3.63, 3.8) is 0 Å². The van der Waals surface area contributed by atoms with E-state index in [2.05, 4.69) is 70.6 Å². The molecule has 3 fully saturated rings. The Labute approximate surface area is 837 Å². The van der Waals surface area contributed by atoms with Gasteiger partial charge in [0, 0.05) is 160 Å². The van der Waals surface area contributed by atoms with E-state index < -0.39 is 81.4 Å². The third kappa shape index (κ3) is 29.6. The summed E-state index contributed by atoms with van der Waals surface area (Å²) in [6, 6.07) is 18.1. The van der Waals surface area contributed by atoms with Crippen molar-refractivity contribution in [1.29, 1.82) is 0 Å². The van der Waals surface area contributed by atoms with E-state index in [9.17, 15) is 128 Å². The molecule has 11 aromatic heterocycles. The van der Waals surface area contributed by atoms with Crippen LogP contribution in [0.25, 0.3) is 10.4 Å². The number of sulfone groups is 1. The number of carbonyl (C=O) groups excluding carboxylic acids is 9. The lowest BCUT2D eigenvalue weighted by Crippen LogP contribution is -2.09. The number of rotatable bonds is 16. The number of hydrogen-bond acceptors (Lipinski definition) is 26. The standard InChI is InChI=1S/C15H16O4S.C13H11F3N6.C13H12F3N3O.C13H10F3N3O.C13H12F3N3O.C13H10F3N3O.C8H11NO2.C6H6N2O.C5H6O2/c1-11-4-6-12(7-5-11)20(18,19)10-2-3-13-14(16)8-9-15(13)17;14-13(15,16)12-4-1-8(5-18-12)7-22-11-3-2-10(20-21-17)9(11)6-19-22;2*14-13(15,16)12-4-1-8(5-17-12)7-19-10-2-3-11(20)9(10)6-18-19;2*14-13(15,16)12-4-1-8(5-17-12)6-19-7-9-10(18-19)2-3-11(9)20;1-9(2)5-6-7(10)3-4-8(6)11;9-6-2-1-5-4(6)3-7-8-5;6-4-1-2-5(7)3-4/h3-7H,2,8-10H2,1H3;1,4-6,10H,2-3,7H2;1,4-6,11,20H,2-3,7H2;1,4-6H,2-3,7H2;1,4-5,7,11,20H,2-3,6H2;1,4-5,7H,2-3,6H2;5H,3-4H2,1-2H3;3H,1-2H2,(H,7,8);1-3H2. The van der Waals surface area contributed by atoms with Crippen LogP contribution in [0.2, 0.25) is 0 Å². The summed E-state index contributed by atoms with van der Waals surface area (Å²) >= 11 is 0. The summed E-state index contributed by atoms with van der Waals surface area (Å²) in [4.78, 5) is 121. The highest BCUT2D eigenvalue weighted by Crippen LogP contribution is 2.39. The van der Waals surface area contributed by atoms with E-state index in [0.29, 0.717) is 148 Å². The fraction of sp³-hybridized carbons (Fsp3) is 0.374. The second-order valence-electron chi connectivity index (χ2n) is 35.6. The van der Waals surface area contributed by atoms with Gasteiger partial charge in [-0.3, -0.25) is 96.6 Å². The van der Waals surface area contributed by atoms with Crippen LogP contribution in [-0.4, -0.2) is 179 Å². The Bertz CT molecular complexity index is 7080. The summed E-state index contributed by atoms with van der Waals surface area (Å²) in [5.41, 5.74) is 18.5. The van der Waals surface area contributed by atoms with E-state index in [1.165, 1.54) is 73.6 Å². The van der Waals surface area contributed by atoms with Gasteiger partial charge in [-0.25, -0.2) is 8.42 Å². The van der Waals surface area contributed by atoms with Crippen molar-refractivity contribution in [1.82, 2.24) is 88.9 Å². The molecular weight excluding hydrogens is 2010 g/mol. The number of Topliss-reactive ketones (excluding diaryl/α,β-unsaturated/α-hetero) is 9. The highest BCUT2D eigenvalue weighted by atomic mass is 32.2. The van der Waals surface area contributed by atoms with Crippen LogP contribution < -0.4 is 0 Å². The average molecular weight is 2100 g/mol. The first-order valence-corrected chi connectivity index (χ1v) is 48.0. The Morgan fingerprint density at radius 2 is 0.826 bits per heavy atom. The minimum Gasteiger partial charge on any atom is -0.388 e. The fourth-order valence-corrected chi connectivity index (χ4v) is 17.9. The molecule has 149 heavy (non-hydrogen) atoms. The van der Waals surface area contributed by atoms with E-state index in [4.69, 9.17) is 5.53 Å². The first kappa shape index (κ1) is 111. The number of fused-ring (bicyclic) bond motifs is 6. The normalized spacial score (nSPS) is 16.8. The number of aliphatic hydroxyl groups excluding tert-OH is 2. The number of ketones is 9. The molecule has 1 aromatic carbocycles. The number of nitrogens with zero attached hydrogens (tertiary/aromatic N) is 20. The number of aliphatic hydroxyl groups is 2. The van der Waals surface area contributed by atoms with Crippen LogP contribution in [0.5, 0.6) is 0 Å². The third-order valence-corrected chi connectivity index (χ3v) is 26.2. The van der Waals surface area contributed by atoms with Crippen LogP contribution in [0, 0.1) is 6.92 Å². The maximum absolute atomic E-state index is 12.5. The van der Waals surface area contributed by atoms with Crippen molar-refractivity contribution in [3.8, 4) is 0 Å². The first-order chi connectivity index (χ1) is 70.4. The Kier molecular flexibility index (Phi) is 35.5. The monoisotopic (exact) mass is 2100 g/mol. The number of azide groups is 1. The summed E-state index contributed by atoms with van der Waals surface area (Å²) < 4.78 is 219. The highest BCUT2D eigenvalue weighted by molar-refractivity contribution is 7.91. The van der Waals surface area contributed by atoms with Gasteiger partial charge in [0.2, 0.25) is 0 Å². The Balaban J connectivity index is 0.000000142. The number of H-pyrrole nitrogens is 1. The predicted octanol–water partition coefficient (Wildman–Crippen LogP) is 16.5. The minimum atomic E-state index is -4.44. The zero-order chi connectivity index (χ0) is 108. The lowest BCUT2D eigenvalue weighted by molar-refractivity contribution is -0.142. The van der Waals surface area contributed by atoms with Crippen molar-refractivity contribution in [3.05, 3.63) is 316 Å². The molecule has 3 saturated carbocycles. The van der Waals surface area contributed by atoms with E-state index in [-0.39, 0.29) is 100.0 Å². The number of carbonyl (C=O) groups is 9. The van der Waals surface area contributed by atoms with Crippen molar-refractivity contribution in [2.45, 2.75) is 222 Å².